The Morgan fingerprint density at radius 3 is 2.62 bits per heavy atom. The van der Waals surface area contributed by atoms with Crippen molar-refractivity contribution in [1.29, 1.82) is 0 Å². The van der Waals surface area contributed by atoms with E-state index in [-0.39, 0.29) is 5.96 Å². The van der Waals surface area contributed by atoms with E-state index in [1.165, 1.54) is 0 Å². The monoisotopic (exact) mass is 240 g/mol. The molecule has 4 N–H and O–H groups in total. The van der Waals surface area contributed by atoms with Gasteiger partial charge in [-0.3, -0.25) is 0 Å². The van der Waals surface area contributed by atoms with E-state index in [0.29, 0.717) is 0 Å². The van der Waals surface area contributed by atoms with Crippen LogP contribution in [0.4, 0.5) is 0 Å². The molecule has 0 spiro atoms. The van der Waals surface area contributed by atoms with Gasteiger partial charge in [-0.15, -0.1) is 5.10 Å². The molecule has 4 nitrogen and oxygen atoms in total. The molecular formula is C8H9BrN4. The molecule has 0 saturated heterocycles. The first-order valence-electron chi connectivity index (χ1n) is 3.56. The Morgan fingerprint density at radius 2 is 2.00 bits per heavy atom. The minimum absolute atomic E-state index is 0.0525. The lowest BCUT2D eigenvalue weighted by Crippen LogP contribution is -2.21. The van der Waals surface area contributed by atoms with Crippen LogP contribution in [0, 0.1) is 0 Å². The molecule has 0 bridgehead atoms. The normalized spacial score (nSPS) is 10.2. The highest BCUT2D eigenvalue weighted by Gasteiger charge is 1.92. The molecule has 1 aromatic carbocycles. The molecule has 68 valence electrons. The van der Waals surface area contributed by atoms with E-state index in [1.54, 1.807) is 6.21 Å². The molecule has 0 aliphatic heterocycles. The van der Waals surface area contributed by atoms with Gasteiger partial charge in [0.1, 0.15) is 0 Å². The van der Waals surface area contributed by atoms with E-state index in [1.807, 2.05) is 24.3 Å². The second-order valence-electron chi connectivity index (χ2n) is 2.29. The van der Waals surface area contributed by atoms with Crippen molar-refractivity contribution < 1.29 is 0 Å². The van der Waals surface area contributed by atoms with Gasteiger partial charge in [0.15, 0.2) is 0 Å². The summed E-state index contributed by atoms with van der Waals surface area (Å²) >= 11 is 3.36. The molecule has 0 heterocycles. The van der Waals surface area contributed by atoms with Gasteiger partial charge < -0.3 is 11.5 Å². The van der Waals surface area contributed by atoms with E-state index in [0.717, 1.165) is 10.0 Å². The van der Waals surface area contributed by atoms with Crippen LogP contribution in [-0.4, -0.2) is 12.2 Å². The van der Waals surface area contributed by atoms with Gasteiger partial charge in [0.25, 0.3) is 0 Å². The summed E-state index contributed by atoms with van der Waals surface area (Å²) in [4.78, 5) is 0. The van der Waals surface area contributed by atoms with Crippen LogP contribution < -0.4 is 11.5 Å². The van der Waals surface area contributed by atoms with Gasteiger partial charge in [0, 0.05) is 10.0 Å². The lowest BCUT2D eigenvalue weighted by atomic mass is 10.2. The van der Waals surface area contributed by atoms with Gasteiger partial charge in [0.2, 0.25) is 5.96 Å². The van der Waals surface area contributed by atoms with Gasteiger partial charge in [-0.25, -0.2) is 0 Å². The fourth-order valence-electron chi connectivity index (χ4n) is 0.738. The Bertz CT molecular complexity index is 342. The SMILES string of the molecule is NC(N)=NN=Cc1ccccc1Br. The Kier molecular flexibility index (Phi) is 3.45. The Hall–Kier alpha value is -1.36. The fourth-order valence-corrected chi connectivity index (χ4v) is 1.12. The van der Waals surface area contributed by atoms with E-state index in [4.69, 9.17) is 11.5 Å². The highest BCUT2D eigenvalue weighted by Crippen LogP contribution is 2.13. The zero-order valence-electron chi connectivity index (χ0n) is 6.81. The first kappa shape index (κ1) is 9.73. The maximum Gasteiger partial charge on any atom is 0.211 e. The van der Waals surface area contributed by atoms with Crippen molar-refractivity contribution in [2.75, 3.05) is 0 Å². The summed E-state index contributed by atoms with van der Waals surface area (Å²) in [5, 5.41) is 7.17. The van der Waals surface area contributed by atoms with Crippen molar-refractivity contribution in [3.63, 3.8) is 0 Å². The molecule has 1 aromatic rings. The van der Waals surface area contributed by atoms with Gasteiger partial charge in [-0.05, 0) is 6.07 Å². The Balaban J connectivity index is 2.80. The maximum absolute atomic E-state index is 5.10. The molecule has 0 aliphatic carbocycles. The number of nitrogens with two attached hydrogens (primary N) is 2. The third-order valence-electron chi connectivity index (χ3n) is 1.28. The molecule has 0 fully saturated rings. The number of rotatable bonds is 2. The minimum Gasteiger partial charge on any atom is -0.369 e. The summed E-state index contributed by atoms with van der Waals surface area (Å²) in [6.07, 6.45) is 1.57. The van der Waals surface area contributed by atoms with Crippen molar-refractivity contribution in [1.82, 2.24) is 0 Å². The third-order valence-corrected chi connectivity index (χ3v) is 2.00. The van der Waals surface area contributed by atoms with Crippen LogP contribution in [0.15, 0.2) is 38.9 Å². The van der Waals surface area contributed by atoms with E-state index in [2.05, 4.69) is 26.1 Å². The molecule has 0 aromatic heterocycles. The zero-order chi connectivity index (χ0) is 9.68. The van der Waals surface area contributed by atoms with E-state index in [9.17, 15) is 0 Å². The second-order valence-corrected chi connectivity index (χ2v) is 3.15. The second kappa shape index (κ2) is 4.61. The predicted octanol–water partition coefficient (Wildman–Crippen LogP) is 1.06. The number of halogens is 1. The lowest BCUT2D eigenvalue weighted by molar-refractivity contribution is 1.21. The molecule has 0 aliphatic rings. The summed E-state index contributed by atoms with van der Waals surface area (Å²) in [5.41, 5.74) is 11.1. The average Bonchev–Trinajstić information content (AvgIpc) is 2.08. The largest absolute Gasteiger partial charge is 0.369 e. The number of nitrogens with zero attached hydrogens (tertiary/aromatic N) is 2. The van der Waals surface area contributed by atoms with Gasteiger partial charge in [-0.1, -0.05) is 34.1 Å². The maximum atomic E-state index is 5.10. The molecule has 0 radical (unpaired) electrons. The molecule has 0 unspecified atom stereocenters. The van der Waals surface area contributed by atoms with Crippen molar-refractivity contribution in [2.45, 2.75) is 0 Å². The van der Waals surface area contributed by atoms with Crippen molar-refractivity contribution in [3.8, 4) is 0 Å². The molecule has 13 heavy (non-hydrogen) atoms. The van der Waals surface area contributed by atoms with E-state index >= 15 is 0 Å². The van der Waals surface area contributed by atoms with Crippen LogP contribution in [0.5, 0.6) is 0 Å². The smallest absolute Gasteiger partial charge is 0.211 e. The van der Waals surface area contributed by atoms with Crippen LogP contribution in [0.2, 0.25) is 0 Å². The molecule has 0 amide bonds. The summed E-state index contributed by atoms with van der Waals surface area (Å²) in [6, 6.07) is 7.64. The quantitative estimate of drug-likeness (QED) is 0.461. The third kappa shape index (κ3) is 3.25. The zero-order valence-corrected chi connectivity index (χ0v) is 8.40. The first-order valence-corrected chi connectivity index (χ1v) is 4.36. The van der Waals surface area contributed by atoms with Crippen LogP contribution in [0.1, 0.15) is 5.56 Å². The number of guanidine groups is 1. The van der Waals surface area contributed by atoms with Gasteiger partial charge >= 0.3 is 0 Å². The standard InChI is InChI=1S/C8H9BrN4/c9-7-4-2-1-3-6(7)5-12-13-8(10)11/h1-5H,(H4,10,11,13). The van der Waals surface area contributed by atoms with Crippen LogP contribution >= 0.6 is 15.9 Å². The first-order chi connectivity index (χ1) is 6.20. The lowest BCUT2D eigenvalue weighted by Gasteiger charge is -1.93. The van der Waals surface area contributed by atoms with Gasteiger partial charge in [-0.2, -0.15) is 5.10 Å². The molecule has 1 rings (SSSR count). The van der Waals surface area contributed by atoms with Crippen LogP contribution in [0.3, 0.4) is 0 Å². The number of benzene rings is 1. The highest BCUT2D eigenvalue weighted by molar-refractivity contribution is 9.10. The van der Waals surface area contributed by atoms with Crippen molar-refractivity contribution in [3.05, 3.63) is 34.3 Å². The average molecular weight is 241 g/mol. The molecule has 5 heteroatoms. The van der Waals surface area contributed by atoms with Gasteiger partial charge in [0.05, 0.1) is 6.21 Å². The Labute approximate surface area is 84.5 Å². The topological polar surface area (TPSA) is 76.8 Å². The van der Waals surface area contributed by atoms with Crippen molar-refractivity contribution in [2.24, 2.45) is 21.7 Å². The Morgan fingerprint density at radius 1 is 1.31 bits per heavy atom. The highest BCUT2D eigenvalue weighted by atomic mass is 79.9. The number of hydrogen-bond donors (Lipinski definition) is 2. The summed E-state index contributed by atoms with van der Waals surface area (Å²) in [5.74, 6) is -0.0525. The molecular weight excluding hydrogens is 232 g/mol. The fraction of sp³-hybridized carbons (Fsp3) is 0. The van der Waals surface area contributed by atoms with Crippen LogP contribution in [-0.2, 0) is 0 Å². The summed E-state index contributed by atoms with van der Waals surface area (Å²) < 4.78 is 0.949. The minimum atomic E-state index is -0.0525. The molecule has 0 atom stereocenters. The predicted molar refractivity (Wildman–Crippen MR) is 57.5 cm³/mol. The molecule has 0 saturated carbocycles. The van der Waals surface area contributed by atoms with E-state index < -0.39 is 0 Å². The number of hydrogen-bond acceptors (Lipinski definition) is 2. The van der Waals surface area contributed by atoms with Crippen molar-refractivity contribution >= 4 is 28.1 Å². The summed E-state index contributed by atoms with van der Waals surface area (Å²) in [7, 11) is 0. The van der Waals surface area contributed by atoms with Crippen LogP contribution in [0.25, 0.3) is 0 Å². The summed E-state index contributed by atoms with van der Waals surface area (Å²) in [6.45, 7) is 0.